The summed E-state index contributed by atoms with van der Waals surface area (Å²) >= 11 is 0. The van der Waals surface area contributed by atoms with E-state index in [9.17, 15) is 15.0 Å². The van der Waals surface area contributed by atoms with Crippen LogP contribution < -0.4 is 5.32 Å². The van der Waals surface area contributed by atoms with Crippen LogP contribution in [0.25, 0.3) is 0 Å². The molecule has 0 radical (unpaired) electrons. The minimum Gasteiger partial charge on any atom is -0.394 e. The average molecular weight is 810 g/mol. The fourth-order valence-electron chi connectivity index (χ4n) is 5.98. The van der Waals surface area contributed by atoms with Gasteiger partial charge in [0.25, 0.3) is 0 Å². The molecule has 0 aliphatic heterocycles. The van der Waals surface area contributed by atoms with Crippen LogP contribution in [0.5, 0.6) is 0 Å². The highest BCUT2D eigenvalue weighted by Crippen LogP contribution is 2.09. The van der Waals surface area contributed by atoms with Crippen molar-refractivity contribution in [1.29, 1.82) is 0 Å². The van der Waals surface area contributed by atoms with Crippen LogP contribution in [-0.4, -0.2) is 34.9 Å². The lowest BCUT2D eigenvalue weighted by atomic mass is 10.1. The summed E-state index contributed by atoms with van der Waals surface area (Å²) < 4.78 is 0. The monoisotopic (exact) mass is 810 g/mol. The summed E-state index contributed by atoms with van der Waals surface area (Å²) in [5.41, 5.74) is 0. The van der Waals surface area contributed by atoms with Crippen LogP contribution in [0.4, 0.5) is 0 Å². The van der Waals surface area contributed by atoms with Gasteiger partial charge in [-0.3, -0.25) is 4.79 Å². The van der Waals surface area contributed by atoms with E-state index in [1.807, 2.05) is 6.08 Å². The Morgan fingerprint density at radius 2 is 0.763 bits per heavy atom. The van der Waals surface area contributed by atoms with Crippen molar-refractivity contribution in [1.82, 2.24) is 5.32 Å². The summed E-state index contributed by atoms with van der Waals surface area (Å²) in [7, 11) is 0. The Labute approximate surface area is 363 Å². The third-order valence-electron chi connectivity index (χ3n) is 9.56. The van der Waals surface area contributed by atoms with E-state index >= 15 is 0 Å². The number of allylic oxidation sites excluding steroid dienone is 23. The molecule has 59 heavy (non-hydrogen) atoms. The van der Waals surface area contributed by atoms with Gasteiger partial charge in [0.2, 0.25) is 5.91 Å². The molecule has 1 amide bonds. The summed E-state index contributed by atoms with van der Waals surface area (Å²) in [6.45, 7) is 4.13. The molecule has 0 aliphatic carbocycles. The van der Waals surface area contributed by atoms with Crippen LogP contribution >= 0.6 is 0 Å². The summed E-state index contributed by atoms with van der Waals surface area (Å²) in [4.78, 5) is 12.4. The molecule has 2 atom stereocenters. The predicted molar refractivity (Wildman–Crippen MR) is 261 cm³/mol. The minimum absolute atomic E-state index is 0.107. The second-order valence-corrected chi connectivity index (χ2v) is 15.1. The van der Waals surface area contributed by atoms with Gasteiger partial charge < -0.3 is 15.5 Å². The average Bonchev–Trinajstić information content (AvgIpc) is 3.24. The van der Waals surface area contributed by atoms with Crippen molar-refractivity contribution in [2.75, 3.05) is 6.61 Å². The third-order valence-corrected chi connectivity index (χ3v) is 9.56. The molecule has 0 bridgehead atoms. The number of aliphatic hydroxyl groups excluding tert-OH is 2. The molecule has 0 saturated heterocycles. The van der Waals surface area contributed by atoms with Crippen molar-refractivity contribution in [3.8, 4) is 0 Å². The van der Waals surface area contributed by atoms with Gasteiger partial charge in [-0.1, -0.05) is 205 Å². The van der Waals surface area contributed by atoms with Gasteiger partial charge in [-0.05, 0) is 109 Å². The molecule has 0 aliphatic rings. The molecule has 0 aromatic rings. The number of unbranched alkanes of at least 4 members (excludes halogenated alkanes) is 11. The van der Waals surface area contributed by atoms with Gasteiger partial charge >= 0.3 is 0 Å². The molecule has 0 saturated carbocycles. The second kappa shape index (κ2) is 48.6. The molecule has 0 fully saturated rings. The van der Waals surface area contributed by atoms with E-state index in [0.29, 0.717) is 6.42 Å². The largest absolute Gasteiger partial charge is 0.394 e. The number of carbonyl (C=O) groups is 1. The predicted octanol–water partition coefficient (Wildman–Crippen LogP) is 15.3. The van der Waals surface area contributed by atoms with Crippen molar-refractivity contribution in [2.24, 2.45) is 0 Å². The Morgan fingerprint density at radius 3 is 1.19 bits per heavy atom. The van der Waals surface area contributed by atoms with Gasteiger partial charge in [-0.2, -0.15) is 0 Å². The van der Waals surface area contributed by atoms with E-state index in [2.05, 4.69) is 153 Å². The van der Waals surface area contributed by atoms with Gasteiger partial charge in [0, 0.05) is 6.42 Å². The van der Waals surface area contributed by atoms with Gasteiger partial charge in [-0.15, -0.1) is 0 Å². The lowest BCUT2D eigenvalue weighted by Crippen LogP contribution is -2.45. The fraction of sp³-hybridized carbons (Fsp3) is 0.545. The standard InChI is InChI=1S/C55H87NO3/c1-3-5-7-9-11-13-15-17-18-19-20-21-22-23-24-25-26-27-28-29-30-31-32-33-34-35-36-37-38-39-41-43-45-47-49-51-55(59)56-53(52-57)54(58)50-48-46-44-42-40-16-14-12-10-8-6-4-2/h5,7,11,13,17-18,20-21,23-24,26-27,29-30,32-33,35-36,38-40,42,48,50,53-54,57-58H,3-4,6,8-10,12,14-16,19,22,25,28,31,34,37,41,43-47,49,51-52H2,1-2H3,(H,56,59)/b7-5-,13-11-,18-17-,21-20-,24-23-,27-26-,30-29-,33-32-,36-35-,39-38-,42-40+,50-48+. The molecule has 0 spiro atoms. The Balaban J connectivity index is 3.75. The summed E-state index contributed by atoms with van der Waals surface area (Å²) in [5, 5.41) is 22.9. The first kappa shape index (κ1) is 55.3. The van der Waals surface area contributed by atoms with E-state index in [4.69, 9.17) is 0 Å². The summed E-state index contributed by atoms with van der Waals surface area (Å²) in [5.74, 6) is -0.107. The number of aliphatic hydroxyl groups is 2. The second-order valence-electron chi connectivity index (χ2n) is 15.1. The lowest BCUT2D eigenvalue weighted by molar-refractivity contribution is -0.123. The first-order valence-electron chi connectivity index (χ1n) is 23.5. The van der Waals surface area contributed by atoms with Crippen molar-refractivity contribution in [3.63, 3.8) is 0 Å². The van der Waals surface area contributed by atoms with Crippen LogP contribution in [0, 0.1) is 0 Å². The highest BCUT2D eigenvalue weighted by atomic mass is 16.3. The molecule has 3 N–H and O–H groups in total. The molecule has 0 heterocycles. The topological polar surface area (TPSA) is 69.6 Å². The molecular formula is C55H87NO3. The quantitative estimate of drug-likeness (QED) is 0.0426. The Bertz CT molecular complexity index is 1280. The Hall–Kier alpha value is -3.73. The zero-order valence-electron chi connectivity index (χ0n) is 37.7. The van der Waals surface area contributed by atoms with E-state index in [1.54, 1.807) is 6.08 Å². The minimum atomic E-state index is -0.882. The smallest absolute Gasteiger partial charge is 0.220 e. The van der Waals surface area contributed by atoms with Crippen LogP contribution in [0.2, 0.25) is 0 Å². The van der Waals surface area contributed by atoms with Crippen molar-refractivity contribution in [3.05, 3.63) is 146 Å². The van der Waals surface area contributed by atoms with Crippen molar-refractivity contribution in [2.45, 2.75) is 187 Å². The maximum atomic E-state index is 12.4. The fourth-order valence-corrected chi connectivity index (χ4v) is 5.98. The molecule has 0 aromatic carbocycles. The lowest BCUT2D eigenvalue weighted by Gasteiger charge is -2.19. The number of hydrogen-bond donors (Lipinski definition) is 3. The maximum absolute atomic E-state index is 12.4. The van der Waals surface area contributed by atoms with Crippen LogP contribution in [0.15, 0.2) is 146 Å². The van der Waals surface area contributed by atoms with E-state index in [0.717, 1.165) is 116 Å². The SMILES string of the molecule is CC/C=C\C/C=C\C/C=C\C/C=C\C/C=C\C/C=C\C/C=C\C/C=C\C/C=C\C/C=C\CCCCCCC(=O)NC(CO)C(O)/C=C/CC/C=C/CCCCCCCC. The normalized spacial score (nSPS) is 14.3. The number of carbonyl (C=O) groups excluding carboxylic acids is 1. The van der Waals surface area contributed by atoms with Gasteiger partial charge in [0.05, 0.1) is 18.8 Å². The Kier molecular flexibility index (Phi) is 45.6. The third kappa shape index (κ3) is 45.2. The first-order chi connectivity index (χ1) is 29.2. The zero-order chi connectivity index (χ0) is 42.8. The van der Waals surface area contributed by atoms with Crippen LogP contribution in [-0.2, 0) is 4.79 Å². The van der Waals surface area contributed by atoms with Gasteiger partial charge in [0.1, 0.15) is 0 Å². The molecular weight excluding hydrogens is 723 g/mol. The van der Waals surface area contributed by atoms with E-state index in [-0.39, 0.29) is 12.5 Å². The number of rotatable bonds is 40. The van der Waals surface area contributed by atoms with E-state index < -0.39 is 12.1 Å². The molecule has 0 aromatic heterocycles. The molecule has 0 rings (SSSR count). The highest BCUT2D eigenvalue weighted by Gasteiger charge is 2.17. The van der Waals surface area contributed by atoms with Crippen LogP contribution in [0.1, 0.15) is 174 Å². The van der Waals surface area contributed by atoms with Gasteiger partial charge in [0.15, 0.2) is 0 Å². The van der Waals surface area contributed by atoms with Gasteiger partial charge in [-0.25, -0.2) is 0 Å². The summed E-state index contributed by atoms with van der Waals surface area (Å²) in [6.07, 6.45) is 78.2. The van der Waals surface area contributed by atoms with E-state index in [1.165, 1.54) is 38.5 Å². The first-order valence-corrected chi connectivity index (χ1v) is 23.5. The summed E-state index contributed by atoms with van der Waals surface area (Å²) in [6, 6.07) is -0.663. The molecule has 4 heteroatoms. The van der Waals surface area contributed by atoms with Crippen molar-refractivity contribution >= 4 is 5.91 Å². The molecule has 4 nitrogen and oxygen atoms in total. The molecule has 2 unspecified atom stereocenters. The number of hydrogen-bond acceptors (Lipinski definition) is 3. The number of nitrogens with one attached hydrogen (secondary N) is 1. The number of amides is 1. The highest BCUT2D eigenvalue weighted by molar-refractivity contribution is 5.76. The molecule has 330 valence electrons. The van der Waals surface area contributed by atoms with Crippen molar-refractivity contribution < 1.29 is 15.0 Å². The zero-order valence-corrected chi connectivity index (χ0v) is 37.7. The van der Waals surface area contributed by atoms with Crippen LogP contribution in [0.3, 0.4) is 0 Å². The Morgan fingerprint density at radius 1 is 0.424 bits per heavy atom. The maximum Gasteiger partial charge on any atom is 0.220 e.